The molecule has 2 rings (SSSR count). The van der Waals surface area contributed by atoms with Gasteiger partial charge < -0.3 is 10.6 Å². The summed E-state index contributed by atoms with van der Waals surface area (Å²) in [5.74, 6) is 0.993. The highest BCUT2D eigenvalue weighted by molar-refractivity contribution is 5.22. The van der Waals surface area contributed by atoms with Crippen LogP contribution in [0, 0.1) is 5.92 Å². The molecule has 2 nitrogen and oxygen atoms in total. The van der Waals surface area contributed by atoms with Gasteiger partial charge in [0.2, 0.25) is 0 Å². The van der Waals surface area contributed by atoms with Crippen molar-refractivity contribution in [3.63, 3.8) is 0 Å². The molecule has 18 heavy (non-hydrogen) atoms. The molecule has 1 aromatic carbocycles. The molecule has 1 aliphatic rings. The van der Waals surface area contributed by atoms with E-state index in [1.807, 2.05) is 0 Å². The summed E-state index contributed by atoms with van der Waals surface area (Å²) < 4.78 is 0. The minimum absolute atomic E-state index is 0.637. The fourth-order valence-corrected chi connectivity index (χ4v) is 2.87. The molecule has 0 unspecified atom stereocenters. The molecule has 0 radical (unpaired) electrons. The van der Waals surface area contributed by atoms with Crippen molar-refractivity contribution in [2.45, 2.75) is 45.2 Å². The summed E-state index contributed by atoms with van der Waals surface area (Å²) in [4.78, 5) is 2.44. The lowest BCUT2D eigenvalue weighted by Crippen LogP contribution is -2.20. The van der Waals surface area contributed by atoms with Gasteiger partial charge in [-0.25, -0.2) is 0 Å². The zero-order chi connectivity index (χ0) is 12.8. The van der Waals surface area contributed by atoms with E-state index in [1.54, 1.807) is 0 Å². The summed E-state index contributed by atoms with van der Waals surface area (Å²) >= 11 is 0. The van der Waals surface area contributed by atoms with Crippen molar-refractivity contribution >= 4 is 0 Å². The Morgan fingerprint density at radius 3 is 2.33 bits per heavy atom. The van der Waals surface area contributed by atoms with Crippen molar-refractivity contribution in [2.24, 2.45) is 11.7 Å². The highest BCUT2D eigenvalue weighted by Gasteiger charge is 2.15. The van der Waals surface area contributed by atoms with Crippen LogP contribution in [0.25, 0.3) is 0 Å². The lowest BCUT2D eigenvalue weighted by Gasteiger charge is -2.19. The molecular weight excluding hydrogens is 220 g/mol. The monoisotopic (exact) mass is 246 g/mol. The molecule has 0 spiro atoms. The van der Waals surface area contributed by atoms with Crippen LogP contribution in [-0.4, -0.2) is 18.5 Å². The molecule has 100 valence electrons. The van der Waals surface area contributed by atoms with Gasteiger partial charge in [0.15, 0.2) is 0 Å². The number of hydrogen-bond donors (Lipinski definition) is 1. The van der Waals surface area contributed by atoms with Gasteiger partial charge in [-0.2, -0.15) is 0 Å². The van der Waals surface area contributed by atoms with Crippen molar-refractivity contribution in [2.75, 3.05) is 13.6 Å². The standard InChI is InChI=1S/C16H26N2/c1-18(11-10-14-4-2-3-5-14)13-16-8-6-15(12-17)7-9-16/h6-9,14H,2-5,10-13,17H2,1H3. The molecule has 1 saturated carbocycles. The van der Waals surface area contributed by atoms with Crippen molar-refractivity contribution in [1.82, 2.24) is 4.90 Å². The van der Waals surface area contributed by atoms with Crippen molar-refractivity contribution < 1.29 is 0 Å². The van der Waals surface area contributed by atoms with Gasteiger partial charge >= 0.3 is 0 Å². The minimum Gasteiger partial charge on any atom is -0.326 e. The molecule has 0 heterocycles. The second-order valence-electron chi connectivity index (χ2n) is 5.70. The zero-order valence-electron chi connectivity index (χ0n) is 11.6. The lowest BCUT2D eigenvalue weighted by atomic mass is 10.0. The van der Waals surface area contributed by atoms with Crippen LogP contribution < -0.4 is 5.73 Å². The van der Waals surface area contributed by atoms with E-state index in [4.69, 9.17) is 5.73 Å². The van der Waals surface area contributed by atoms with Gasteiger partial charge in [0, 0.05) is 13.1 Å². The fraction of sp³-hybridized carbons (Fsp3) is 0.625. The third-order valence-electron chi connectivity index (χ3n) is 4.10. The first kappa shape index (κ1) is 13.6. The molecule has 0 saturated heterocycles. The zero-order valence-corrected chi connectivity index (χ0v) is 11.6. The van der Waals surface area contributed by atoms with Crippen molar-refractivity contribution in [3.05, 3.63) is 35.4 Å². The van der Waals surface area contributed by atoms with E-state index in [9.17, 15) is 0 Å². The van der Waals surface area contributed by atoms with E-state index in [2.05, 4.69) is 36.2 Å². The van der Waals surface area contributed by atoms with Crippen LogP contribution in [0.5, 0.6) is 0 Å². The average Bonchev–Trinajstić information content (AvgIpc) is 2.90. The van der Waals surface area contributed by atoms with Crippen LogP contribution in [0.4, 0.5) is 0 Å². The third-order valence-corrected chi connectivity index (χ3v) is 4.10. The number of nitrogens with zero attached hydrogens (tertiary/aromatic N) is 1. The van der Waals surface area contributed by atoms with Crippen LogP contribution in [0.2, 0.25) is 0 Å². The summed E-state index contributed by atoms with van der Waals surface area (Å²) in [6.45, 7) is 2.92. The largest absolute Gasteiger partial charge is 0.326 e. The molecule has 2 heteroatoms. The Hall–Kier alpha value is -0.860. The molecule has 0 aromatic heterocycles. The third kappa shape index (κ3) is 4.11. The quantitative estimate of drug-likeness (QED) is 0.835. The Balaban J connectivity index is 1.73. The smallest absolute Gasteiger partial charge is 0.0230 e. The first-order valence-electron chi connectivity index (χ1n) is 7.24. The maximum atomic E-state index is 5.61. The van der Waals surface area contributed by atoms with Crippen LogP contribution >= 0.6 is 0 Å². The Labute approximate surface area is 111 Å². The highest BCUT2D eigenvalue weighted by Crippen LogP contribution is 2.27. The topological polar surface area (TPSA) is 29.3 Å². The van der Waals surface area contributed by atoms with E-state index in [-0.39, 0.29) is 0 Å². The Kier molecular flexibility index (Phi) is 5.21. The van der Waals surface area contributed by atoms with Crippen LogP contribution in [0.15, 0.2) is 24.3 Å². The molecule has 1 aliphatic carbocycles. The number of hydrogen-bond acceptors (Lipinski definition) is 2. The van der Waals surface area contributed by atoms with E-state index in [0.29, 0.717) is 6.54 Å². The van der Waals surface area contributed by atoms with Gasteiger partial charge in [-0.1, -0.05) is 49.9 Å². The van der Waals surface area contributed by atoms with Gasteiger partial charge in [-0.3, -0.25) is 0 Å². The fourth-order valence-electron chi connectivity index (χ4n) is 2.87. The van der Waals surface area contributed by atoms with Crippen LogP contribution in [0.1, 0.15) is 43.2 Å². The predicted octanol–water partition coefficient (Wildman–Crippen LogP) is 3.16. The lowest BCUT2D eigenvalue weighted by molar-refractivity contribution is 0.294. The summed E-state index contributed by atoms with van der Waals surface area (Å²) in [6, 6.07) is 8.68. The van der Waals surface area contributed by atoms with Crippen LogP contribution in [0.3, 0.4) is 0 Å². The number of nitrogens with two attached hydrogens (primary N) is 1. The molecule has 2 N–H and O–H groups in total. The van der Waals surface area contributed by atoms with Crippen molar-refractivity contribution in [1.29, 1.82) is 0 Å². The highest BCUT2D eigenvalue weighted by atomic mass is 15.1. The van der Waals surface area contributed by atoms with E-state index in [0.717, 1.165) is 12.5 Å². The number of benzene rings is 1. The molecule has 1 aromatic rings. The summed E-state index contributed by atoms with van der Waals surface area (Å²) in [7, 11) is 2.23. The molecule has 0 amide bonds. The van der Waals surface area contributed by atoms with Gasteiger partial charge in [0.1, 0.15) is 0 Å². The maximum Gasteiger partial charge on any atom is 0.0230 e. The first-order chi connectivity index (χ1) is 8.78. The molecular formula is C16H26N2. The van der Waals surface area contributed by atoms with Gasteiger partial charge in [-0.15, -0.1) is 0 Å². The second-order valence-corrected chi connectivity index (χ2v) is 5.70. The SMILES string of the molecule is CN(CCC1CCCC1)Cc1ccc(CN)cc1. The summed E-state index contributed by atoms with van der Waals surface area (Å²) in [6.07, 6.45) is 7.19. The minimum atomic E-state index is 0.637. The molecule has 0 bridgehead atoms. The first-order valence-corrected chi connectivity index (χ1v) is 7.24. The van der Waals surface area contributed by atoms with E-state index >= 15 is 0 Å². The Bertz CT molecular complexity index is 339. The van der Waals surface area contributed by atoms with E-state index < -0.39 is 0 Å². The Morgan fingerprint density at radius 1 is 1.11 bits per heavy atom. The van der Waals surface area contributed by atoms with Crippen LogP contribution in [-0.2, 0) is 13.1 Å². The van der Waals surface area contributed by atoms with E-state index in [1.165, 1.54) is 49.8 Å². The predicted molar refractivity (Wildman–Crippen MR) is 77.2 cm³/mol. The summed E-state index contributed by atoms with van der Waals surface area (Å²) in [5.41, 5.74) is 8.21. The van der Waals surface area contributed by atoms with Crippen molar-refractivity contribution in [3.8, 4) is 0 Å². The van der Waals surface area contributed by atoms with Gasteiger partial charge in [0.05, 0.1) is 0 Å². The Morgan fingerprint density at radius 2 is 1.72 bits per heavy atom. The van der Waals surface area contributed by atoms with Gasteiger partial charge in [0.25, 0.3) is 0 Å². The summed E-state index contributed by atoms with van der Waals surface area (Å²) in [5, 5.41) is 0. The molecule has 0 aliphatic heterocycles. The average molecular weight is 246 g/mol. The maximum absolute atomic E-state index is 5.61. The number of rotatable bonds is 6. The second kappa shape index (κ2) is 6.91. The molecule has 1 fully saturated rings. The molecule has 0 atom stereocenters. The normalized spacial score (nSPS) is 16.6. The van der Waals surface area contributed by atoms with Gasteiger partial charge in [-0.05, 0) is 37.1 Å².